The number of fused-ring (bicyclic) bond motifs is 1. The summed E-state index contributed by atoms with van der Waals surface area (Å²) in [5, 5.41) is 11.1. The molecule has 0 amide bonds. The Kier molecular flexibility index (Phi) is 4.98. The molecule has 0 spiro atoms. The van der Waals surface area contributed by atoms with Crippen LogP contribution in [0.3, 0.4) is 0 Å². The number of carbonyl (C=O) groups excluding carboxylic acids is 1. The highest BCUT2D eigenvalue weighted by atomic mass is 16.4. The summed E-state index contributed by atoms with van der Waals surface area (Å²) in [5.41, 5.74) is 3.37. The van der Waals surface area contributed by atoms with E-state index in [9.17, 15) is 14.7 Å². The number of carbonyl (C=O) groups is 1. The molecule has 0 aliphatic heterocycles. The Morgan fingerprint density at radius 2 is 1.85 bits per heavy atom. The summed E-state index contributed by atoms with van der Waals surface area (Å²) in [5.74, 6) is -1.27. The van der Waals surface area contributed by atoms with Gasteiger partial charge in [0.15, 0.2) is 0 Å². The molecule has 0 atom stereocenters. The molecule has 1 heterocycles. The largest absolute Gasteiger partial charge is 0.545 e. The molecule has 5 heteroatoms. The van der Waals surface area contributed by atoms with Gasteiger partial charge in [0.05, 0.1) is 17.0 Å². The molecule has 3 aromatic rings. The quantitative estimate of drug-likeness (QED) is 0.711. The van der Waals surface area contributed by atoms with Crippen LogP contribution in [0.25, 0.3) is 23.2 Å². The van der Waals surface area contributed by atoms with Gasteiger partial charge in [0.1, 0.15) is 5.69 Å². The van der Waals surface area contributed by atoms with Crippen LogP contribution < -0.4 is 10.7 Å². The van der Waals surface area contributed by atoms with Crippen molar-refractivity contribution in [3.05, 3.63) is 75.2 Å². The summed E-state index contributed by atoms with van der Waals surface area (Å²) < 4.78 is 1.58. The van der Waals surface area contributed by atoms with Crippen LogP contribution in [0.4, 0.5) is 0 Å². The van der Waals surface area contributed by atoms with Crippen molar-refractivity contribution in [1.29, 1.82) is 0 Å². The Bertz CT molecular complexity index is 1050. The third-order valence-corrected chi connectivity index (χ3v) is 4.34. The molecule has 0 radical (unpaired) electrons. The second-order valence-electron chi connectivity index (χ2n) is 5.97. The maximum absolute atomic E-state index is 12.7. The fourth-order valence-corrected chi connectivity index (χ4v) is 2.86. The first-order chi connectivity index (χ1) is 12.5. The topological polar surface area (TPSA) is 75.0 Å². The SMILES string of the molecule is CCc1ccc(/C=C/c2nc3cc(C(=O)[O-])ccc3n(CC)c2=O)cc1. The van der Waals surface area contributed by atoms with Gasteiger partial charge in [-0.3, -0.25) is 4.79 Å². The first-order valence-corrected chi connectivity index (χ1v) is 8.56. The average molecular weight is 347 g/mol. The van der Waals surface area contributed by atoms with Crippen LogP contribution in [0.15, 0.2) is 47.3 Å². The molecular weight excluding hydrogens is 328 g/mol. The minimum atomic E-state index is -1.27. The summed E-state index contributed by atoms with van der Waals surface area (Å²) in [6, 6.07) is 12.5. The molecule has 2 aromatic carbocycles. The molecule has 0 saturated heterocycles. The fourth-order valence-electron chi connectivity index (χ4n) is 2.86. The fraction of sp³-hybridized carbons (Fsp3) is 0.190. The molecule has 0 aliphatic carbocycles. The summed E-state index contributed by atoms with van der Waals surface area (Å²) >= 11 is 0. The monoisotopic (exact) mass is 347 g/mol. The Morgan fingerprint density at radius 3 is 2.46 bits per heavy atom. The number of hydrogen-bond donors (Lipinski definition) is 0. The molecule has 5 nitrogen and oxygen atoms in total. The van der Waals surface area contributed by atoms with Crippen LogP contribution in [0.5, 0.6) is 0 Å². The van der Waals surface area contributed by atoms with E-state index in [0.29, 0.717) is 17.6 Å². The highest BCUT2D eigenvalue weighted by molar-refractivity contribution is 5.91. The van der Waals surface area contributed by atoms with E-state index >= 15 is 0 Å². The van der Waals surface area contributed by atoms with Gasteiger partial charge in [0.25, 0.3) is 5.56 Å². The van der Waals surface area contributed by atoms with Crippen molar-refractivity contribution in [3.8, 4) is 0 Å². The number of benzene rings is 2. The number of aromatic carboxylic acids is 1. The maximum Gasteiger partial charge on any atom is 0.276 e. The van der Waals surface area contributed by atoms with Crippen LogP contribution in [-0.4, -0.2) is 15.5 Å². The van der Waals surface area contributed by atoms with Crippen molar-refractivity contribution >= 4 is 29.2 Å². The molecule has 0 bridgehead atoms. The number of nitrogens with zero attached hydrogens (tertiary/aromatic N) is 2. The molecule has 26 heavy (non-hydrogen) atoms. The smallest absolute Gasteiger partial charge is 0.276 e. The number of carboxylic acid groups (broad SMARTS) is 1. The van der Waals surface area contributed by atoms with Gasteiger partial charge in [-0.1, -0.05) is 43.3 Å². The van der Waals surface area contributed by atoms with E-state index in [1.807, 2.05) is 37.3 Å². The normalized spacial score (nSPS) is 11.3. The number of aryl methyl sites for hydroxylation is 2. The Hall–Kier alpha value is -3.21. The van der Waals surface area contributed by atoms with Crippen molar-refractivity contribution < 1.29 is 9.90 Å². The van der Waals surface area contributed by atoms with E-state index in [0.717, 1.165) is 12.0 Å². The van der Waals surface area contributed by atoms with E-state index in [4.69, 9.17) is 0 Å². The number of carboxylic acids is 1. The van der Waals surface area contributed by atoms with E-state index in [1.54, 1.807) is 16.7 Å². The molecule has 3 rings (SSSR count). The number of aromatic nitrogens is 2. The van der Waals surface area contributed by atoms with Gasteiger partial charge in [-0.15, -0.1) is 0 Å². The molecule has 0 unspecified atom stereocenters. The zero-order valence-electron chi connectivity index (χ0n) is 14.7. The van der Waals surface area contributed by atoms with Gasteiger partial charge < -0.3 is 14.5 Å². The van der Waals surface area contributed by atoms with E-state index in [-0.39, 0.29) is 16.8 Å². The minimum absolute atomic E-state index is 0.0383. The van der Waals surface area contributed by atoms with Crippen molar-refractivity contribution in [2.24, 2.45) is 0 Å². The lowest BCUT2D eigenvalue weighted by Crippen LogP contribution is -2.25. The molecule has 0 fully saturated rings. The van der Waals surface area contributed by atoms with Crippen LogP contribution in [0, 0.1) is 0 Å². The summed E-state index contributed by atoms with van der Waals surface area (Å²) in [7, 11) is 0. The van der Waals surface area contributed by atoms with Crippen LogP contribution in [-0.2, 0) is 13.0 Å². The van der Waals surface area contributed by atoms with Gasteiger partial charge in [0.2, 0.25) is 0 Å². The second-order valence-corrected chi connectivity index (χ2v) is 5.97. The van der Waals surface area contributed by atoms with Gasteiger partial charge in [-0.05, 0) is 48.2 Å². The van der Waals surface area contributed by atoms with Crippen LogP contribution in [0.1, 0.15) is 41.0 Å². The predicted molar refractivity (Wildman–Crippen MR) is 101 cm³/mol. The molecule has 0 aliphatic rings. The van der Waals surface area contributed by atoms with Crippen LogP contribution >= 0.6 is 0 Å². The number of hydrogen-bond acceptors (Lipinski definition) is 4. The van der Waals surface area contributed by atoms with Gasteiger partial charge in [-0.2, -0.15) is 0 Å². The minimum Gasteiger partial charge on any atom is -0.545 e. The van der Waals surface area contributed by atoms with Crippen molar-refractivity contribution in [2.45, 2.75) is 26.8 Å². The highest BCUT2D eigenvalue weighted by Crippen LogP contribution is 2.15. The van der Waals surface area contributed by atoms with E-state index in [2.05, 4.69) is 11.9 Å². The molecule has 0 saturated carbocycles. The Balaban J connectivity index is 2.08. The van der Waals surface area contributed by atoms with Crippen LogP contribution in [0.2, 0.25) is 0 Å². The van der Waals surface area contributed by atoms with Crippen molar-refractivity contribution in [2.75, 3.05) is 0 Å². The third kappa shape index (κ3) is 3.42. The van der Waals surface area contributed by atoms with E-state index in [1.165, 1.54) is 17.7 Å². The van der Waals surface area contributed by atoms with Crippen molar-refractivity contribution in [1.82, 2.24) is 9.55 Å². The summed E-state index contributed by atoms with van der Waals surface area (Å²) in [6.07, 6.45) is 4.47. The predicted octanol–water partition coefficient (Wildman–Crippen LogP) is 2.51. The lowest BCUT2D eigenvalue weighted by molar-refractivity contribution is -0.255. The van der Waals surface area contributed by atoms with E-state index < -0.39 is 5.97 Å². The number of rotatable bonds is 5. The second kappa shape index (κ2) is 7.35. The Morgan fingerprint density at radius 1 is 1.12 bits per heavy atom. The first kappa shape index (κ1) is 17.6. The third-order valence-electron chi connectivity index (χ3n) is 4.34. The van der Waals surface area contributed by atoms with Gasteiger partial charge >= 0.3 is 0 Å². The lowest BCUT2D eigenvalue weighted by Gasteiger charge is -2.10. The van der Waals surface area contributed by atoms with Gasteiger partial charge in [-0.25, -0.2) is 4.98 Å². The standard InChI is InChI=1S/C21H20N2O3/c1-3-14-5-7-15(8-6-14)9-11-17-20(24)23(4-2)19-12-10-16(21(25)26)13-18(19)22-17/h5-13H,3-4H2,1-2H3,(H,25,26)/p-1/b11-9+. The Labute approximate surface area is 151 Å². The highest BCUT2D eigenvalue weighted by Gasteiger charge is 2.09. The average Bonchev–Trinajstić information content (AvgIpc) is 2.66. The lowest BCUT2D eigenvalue weighted by atomic mass is 10.1. The van der Waals surface area contributed by atoms with Crippen molar-refractivity contribution in [3.63, 3.8) is 0 Å². The maximum atomic E-state index is 12.7. The first-order valence-electron chi connectivity index (χ1n) is 8.56. The summed E-state index contributed by atoms with van der Waals surface area (Å²) in [4.78, 5) is 28.1. The zero-order valence-corrected chi connectivity index (χ0v) is 14.7. The molecular formula is C21H19N2O3-. The zero-order chi connectivity index (χ0) is 18.7. The van der Waals surface area contributed by atoms with Gasteiger partial charge in [0, 0.05) is 6.54 Å². The molecule has 0 N–H and O–H groups in total. The molecule has 132 valence electrons. The molecule has 1 aromatic heterocycles. The summed E-state index contributed by atoms with van der Waals surface area (Å²) in [6.45, 7) is 4.43.